The molecule has 5 heteroatoms. The molecule has 1 aromatic carbocycles. The highest BCUT2D eigenvalue weighted by atomic mass is 16.2. The van der Waals surface area contributed by atoms with Crippen LogP contribution in [-0.4, -0.2) is 54.5 Å². The number of nitrogens with one attached hydrogen (secondary N) is 1. The lowest BCUT2D eigenvalue weighted by atomic mass is 10.00. The minimum atomic E-state index is 0.0126. The van der Waals surface area contributed by atoms with Gasteiger partial charge in [0.1, 0.15) is 0 Å². The largest absolute Gasteiger partial charge is 0.398 e. The Labute approximate surface area is 127 Å². The maximum atomic E-state index is 12.2. The van der Waals surface area contributed by atoms with Gasteiger partial charge >= 0.3 is 0 Å². The highest BCUT2D eigenvalue weighted by molar-refractivity contribution is 5.92. The second kappa shape index (κ2) is 6.03. The molecule has 1 heterocycles. The standard InChI is InChI=1S/C16H26N4O/c1-12-5-6-13(9-14(12)17)18-15(21)10-20-8-7-19(4)16(2,3)11-20/h5-6,9H,7-8,10-11,17H2,1-4H3,(H,18,21). The average Bonchev–Trinajstić information content (AvgIpc) is 2.38. The second-order valence-corrected chi connectivity index (χ2v) is 6.56. The predicted octanol–water partition coefficient (Wildman–Crippen LogP) is 1.54. The van der Waals surface area contributed by atoms with Gasteiger partial charge in [-0.25, -0.2) is 0 Å². The summed E-state index contributed by atoms with van der Waals surface area (Å²) in [6.07, 6.45) is 0. The number of nitrogen functional groups attached to an aromatic ring is 1. The van der Waals surface area contributed by atoms with Gasteiger partial charge in [0, 0.05) is 36.5 Å². The molecule has 0 aliphatic carbocycles. The first-order valence-electron chi connectivity index (χ1n) is 7.37. The summed E-state index contributed by atoms with van der Waals surface area (Å²) in [7, 11) is 2.13. The van der Waals surface area contributed by atoms with Crippen molar-refractivity contribution < 1.29 is 4.79 Å². The molecule has 1 fully saturated rings. The summed E-state index contributed by atoms with van der Waals surface area (Å²) in [5.41, 5.74) is 8.45. The molecule has 1 aromatic rings. The van der Waals surface area contributed by atoms with Gasteiger partial charge in [0.2, 0.25) is 5.91 Å². The molecule has 116 valence electrons. The van der Waals surface area contributed by atoms with Gasteiger partial charge in [-0.15, -0.1) is 0 Å². The normalized spacial score (nSPS) is 19.4. The Bertz CT molecular complexity index is 527. The van der Waals surface area contributed by atoms with E-state index in [1.54, 1.807) is 6.07 Å². The number of hydrogen-bond acceptors (Lipinski definition) is 4. The van der Waals surface area contributed by atoms with Crippen LogP contribution in [-0.2, 0) is 4.79 Å². The number of piperazine rings is 1. The number of hydrogen-bond donors (Lipinski definition) is 2. The molecule has 1 amide bonds. The number of benzene rings is 1. The molecule has 2 rings (SSSR count). The quantitative estimate of drug-likeness (QED) is 0.829. The van der Waals surface area contributed by atoms with Gasteiger partial charge < -0.3 is 11.1 Å². The first kappa shape index (κ1) is 15.8. The average molecular weight is 290 g/mol. The van der Waals surface area contributed by atoms with E-state index in [0.29, 0.717) is 12.2 Å². The van der Waals surface area contributed by atoms with E-state index in [9.17, 15) is 4.79 Å². The summed E-state index contributed by atoms with van der Waals surface area (Å²) in [5.74, 6) is 0.0126. The Morgan fingerprint density at radius 2 is 2.10 bits per heavy atom. The van der Waals surface area contributed by atoms with Crippen LogP contribution < -0.4 is 11.1 Å². The van der Waals surface area contributed by atoms with Gasteiger partial charge in [0.25, 0.3) is 0 Å². The summed E-state index contributed by atoms with van der Waals surface area (Å²) >= 11 is 0. The van der Waals surface area contributed by atoms with Gasteiger partial charge in [0.15, 0.2) is 0 Å². The zero-order valence-corrected chi connectivity index (χ0v) is 13.4. The predicted molar refractivity (Wildman–Crippen MR) is 87.4 cm³/mol. The van der Waals surface area contributed by atoms with Gasteiger partial charge in [-0.2, -0.15) is 0 Å². The third kappa shape index (κ3) is 3.95. The molecule has 0 spiro atoms. The van der Waals surface area contributed by atoms with E-state index in [0.717, 1.165) is 30.9 Å². The Morgan fingerprint density at radius 1 is 1.38 bits per heavy atom. The third-order valence-electron chi connectivity index (χ3n) is 4.33. The van der Waals surface area contributed by atoms with E-state index in [1.807, 2.05) is 19.1 Å². The molecule has 5 nitrogen and oxygen atoms in total. The van der Waals surface area contributed by atoms with Gasteiger partial charge in [0.05, 0.1) is 6.54 Å². The van der Waals surface area contributed by atoms with E-state index in [-0.39, 0.29) is 11.4 Å². The second-order valence-electron chi connectivity index (χ2n) is 6.56. The SMILES string of the molecule is Cc1ccc(NC(=O)CN2CCN(C)C(C)(C)C2)cc1N. The molecule has 0 saturated carbocycles. The molecule has 0 unspecified atom stereocenters. The van der Waals surface area contributed by atoms with Crippen molar-refractivity contribution in [2.24, 2.45) is 0 Å². The molecule has 3 N–H and O–H groups in total. The number of anilines is 2. The molecule has 0 radical (unpaired) electrons. The molecule has 0 atom stereocenters. The van der Waals surface area contributed by atoms with Crippen molar-refractivity contribution >= 4 is 17.3 Å². The van der Waals surface area contributed by atoms with Crippen LogP contribution >= 0.6 is 0 Å². The number of nitrogens with two attached hydrogens (primary N) is 1. The molecular formula is C16H26N4O. The van der Waals surface area contributed by atoms with E-state index in [1.165, 1.54) is 0 Å². The van der Waals surface area contributed by atoms with Crippen LogP contribution in [0, 0.1) is 6.92 Å². The van der Waals surface area contributed by atoms with Gasteiger partial charge in [-0.1, -0.05) is 6.07 Å². The van der Waals surface area contributed by atoms with Crippen LogP contribution in [0.4, 0.5) is 11.4 Å². The molecular weight excluding hydrogens is 264 g/mol. The van der Waals surface area contributed by atoms with Crippen molar-refractivity contribution in [2.75, 3.05) is 44.3 Å². The van der Waals surface area contributed by atoms with Crippen LogP contribution in [0.25, 0.3) is 0 Å². The van der Waals surface area contributed by atoms with Crippen molar-refractivity contribution in [3.63, 3.8) is 0 Å². The zero-order valence-electron chi connectivity index (χ0n) is 13.4. The summed E-state index contributed by atoms with van der Waals surface area (Å²) < 4.78 is 0. The maximum absolute atomic E-state index is 12.2. The molecule has 21 heavy (non-hydrogen) atoms. The van der Waals surface area contributed by atoms with Crippen molar-refractivity contribution in [3.05, 3.63) is 23.8 Å². The van der Waals surface area contributed by atoms with Crippen molar-refractivity contribution in [2.45, 2.75) is 26.3 Å². The van der Waals surface area contributed by atoms with Crippen LogP contribution in [0.2, 0.25) is 0 Å². The maximum Gasteiger partial charge on any atom is 0.238 e. The first-order chi connectivity index (χ1) is 9.78. The number of nitrogens with zero attached hydrogens (tertiary/aromatic N) is 2. The number of aryl methyl sites for hydroxylation is 1. The number of carbonyl (C=O) groups is 1. The lowest BCUT2D eigenvalue weighted by molar-refractivity contribution is -0.118. The lowest BCUT2D eigenvalue weighted by Gasteiger charge is -2.45. The first-order valence-corrected chi connectivity index (χ1v) is 7.37. The van der Waals surface area contributed by atoms with Crippen LogP contribution in [0.15, 0.2) is 18.2 Å². The Morgan fingerprint density at radius 3 is 2.71 bits per heavy atom. The van der Waals surface area contributed by atoms with Crippen LogP contribution in [0.5, 0.6) is 0 Å². The van der Waals surface area contributed by atoms with Crippen LogP contribution in [0.1, 0.15) is 19.4 Å². The monoisotopic (exact) mass is 290 g/mol. The molecule has 1 saturated heterocycles. The van der Waals surface area contributed by atoms with Crippen molar-refractivity contribution in [1.82, 2.24) is 9.80 Å². The topological polar surface area (TPSA) is 61.6 Å². The van der Waals surface area contributed by atoms with Gasteiger partial charge in [-0.05, 0) is 45.5 Å². The third-order valence-corrected chi connectivity index (χ3v) is 4.33. The number of likely N-dealkylation sites (N-methyl/N-ethyl adjacent to an activating group) is 1. The highest BCUT2D eigenvalue weighted by Gasteiger charge is 2.31. The highest BCUT2D eigenvalue weighted by Crippen LogP contribution is 2.19. The summed E-state index contributed by atoms with van der Waals surface area (Å²) in [6, 6.07) is 5.61. The number of carbonyl (C=O) groups excluding carboxylic acids is 1. The summed E-state index contributed by atoms with van der Waals surface area (Å²) in [5, 5.41) is 2.92. The van der Waals surface area contributed by atoms with E-state index < -0.39 is 0 Å². The summed E-state index contributed by atoms with van der Waals surface area (Å²) in [6.45, 7) is 9.59. The Kier molecular flexibility index (Phi) is 4.54. The van der Waals surface area contributed by atoms with E-state index in [2.05, 4.69) is 36.0 Å². The lowest BCUT2D eigenvalue weighted by Crippen LogP contribution is -2.58. The zero-order chi connectivity index (χ0) is 15.6. The fraction of sp³-hybridized carbons (Fsp3) is 0.562. The Balaban J connectivity index is 1.91. The minimum absolute atomic E-state index is 0.0126. The Hall–Kier alpha value is -1.59. The number of amides is 1. The van der Waals surface area contributed by atoms with Gasteiger partial charge in [-0.3, -0.25) is 14.6 Å². The fourth-order valence-corrected chi connectivity index (χ4v) is 2.60. The molecule has 0 aromatic heterocycles. The van der Waals surface area contributed by atoms with E-state index in [4.69, 9.17) is 5.73 Å². The summed E-state index contributed by atoms with van der Waals surface area (Å²) in [4.78, 5) is 16.7. The van der Waals surface area contributed by atoms with Crippen LogP contribution in [0.3, 0.4) is 0 Å². The number of rotatable bonds is 3. The molecule has 0 bridgehead atoms. The smallest absolute Gasteiger partial charge is 0.238 e. The molecule has 1 aliphatic rings. The molecule has 1 aliphatic heterocycles. The minimum Gasteiger partial charge on any atom is -0.398 e. The van der Waals surface area contributed by atoms with Crippen molar-refractivity contribution in [3.8, 4) is 0 Å². The van der Waals surface area contributed by atoms with Crippen molar-refractivity contribution in [1.29, 1.82) is 0 Å². The van der Waals surface area contributed by atoms with E-state index >= 15 is 0 Å². The fourth-order valence-electron chi connectivity index (χ4n) is 2.60.